The molecule has 0 bridgehead atoms. The van der Waals surface area contributed by atoms with Crippen molar-refractivity contribution >= 4 is 27.7 Å². The van der Waals surface area contributed by atoms with E-state index in [9.17, 15) is 5.11 Å². The van der Waals surface area contributed by atoms with E-state index in [1.54, 1.807) is 0 Å². The second-order valence-electron chi connectivity index (χ2n) is 3.65. The summed E-state index contributed by atoms with van der Waals surface area (Å²) in [7, 11) is 0. The first-order chi connectivity index (χ1) is 6.00. The molecule has 0 aromatic rings. The second-order valence-corrected chi connectivity index (χ2v) is 6.17. The highest BCUT2D eigenvalue weighted by molar-refractivity contribution is 9.11. The van der Waals surface area contributed by atoms with Gasteiger partial charge >= 0.3 is 0 Å². The summed E-state index contributed by atoms with van der Waals surface area (Å²) in [5.74, 6) is 0. The van der Waals surface area contributed by atoms with Crippen molar-refractivity contribution in [2.75, 3.05) is 0 Å². The van der Waals surface area contributed by atoms with Crippen LogP contribution in [0.5, 0.6) is 0 Å². The fraction of sp³-hybridized carbons (Fsp3) is 0.556. The number of aliphatic hydroxyl groups is 1. The summed E-state index contributed by atoms with van der Waals surface area (Å²) in [4.78, 5) is 0. The fourth-order valence-electron chi connectivity index (χ4n) is 1.66. The van der Waals surface area contributed by atoms with E-state index >= 15 is 0 Å². The highest BCUT2D eigenvalue weighted by Crippen LogP contribution is 2.49. The van der Waals surface area contributed by atoms with E-state index in [-0.39, 0.29) is 10.9 Å². The van der Waals surface area contributed by atoms with Crippen LogP contribution in [0.4, 0.5) is 0 Å². The number of fused-ring (bicyclic) bond motifs is 1. The van der Waals surface area contributed by atoms with Crippen molar-refractivity contribution in [3.63, 3.8) is 0 Å². The average Bonchev–Trinajstić information content (AvgIpc) is 2.22. The molecule has 2 nitrogen and oxygen atoms in total. The lowest BCUT2D eigenvalue weighted by molar-refractivity contribution is 0.0805. The van der Waals surface area contributed by atoms with Crippen LogP contribution in [-0.4, -0.2) is 21.4 Å². The number of allylic oxidation sites excluding steroid dienone is 2. The van der Waals surface area contributed by atoms with Gasteiger partial charge in [-0.2, -0.15) is 0 Å². The van der Waals surface area contributed by atoms with E-state index in [1.165, 1.54) is 11.8 Å². The first kappa shape index (κ1) is 9.62. The zero-order chi connectivity index (χ0) is 9.64. The molecule has 2 heterocycles. The van der Waals surface area contributed by atoms with Crippen LogP contribution >= 0.6 is 27.7 Å². The largest absolute Gasteiger partial charge is 0.476 e. The number of aliphatic hydroxyl groups excluding tert-OH is 1. The topological polar surface area (TPSA) is 29.5 Å². The Hall–Kier alpha value is 0.0700. The Bertz CT molecular complexity index is 296. The van der Waals surface area contributed by atoms with Crippen molar-refractivity contribution in [3.8, 4) is 0 Å². The van der Waals surface area contributed by atoms with Crippen molar-refractivity contribution in [2.24, 2.45) is 0 Å². The average molecular weight is 263 g/mol. The summed E-state index contributed by atoms with van der Waals surface area (Å²) < 4.78 is 6.17. The predicted molar refractivity (Wildman–Crippen MR) is 57.6 cm³/mol. The van der Waals surface area contributed by atoms with Gasteiger partial charge in [-0.1, -0.05) is 6.08 Å². The van der Waals surface area contributed by atoms with E-state index in [1.807, 2.05) is 12.2 Å². The van der Waals surface area contributed by atoms with Gasteiger partial charge in [0.25, 0.3) is 0 Å². The first-order valence-corrected chi connectivity index (χ1v) is 5.78. The maximum atomic E-state index is 9.73. The highest BCUT2D eigenvalue weighted by Gasteiger charge is 2.46. The lowest BCUT2D eigenvalue weighted by atomic mass is 9.96. The van der Waals surface area contributed by atoms with Crippen LogP contribution in [0, 0.1) is 0 Å². The Labute approximate surface area is 90.2 Å². The number of hydrogen-bond acceptors (Lipinski definition) is 3. The maximum absolute atomic E-state index is 9.73. The van der Waals surface area contributed by atoms with Gasteiger partial charge in [-0.3, -0.25) is 0 Å². The summed E-state index contributed by atoms with van der Waals surface area (Å²) in [6.45, 7) is 4.20. The molecular formula is C9H11BrO2S. The molecule has 1 N–H and O–H groups in total. The van der Waals surface area contributed by atoms with Crippen molar-refractivity contribution in [1.82, 2.24) is 0 Å². The van der Waals surface area contributed by atoms with Crippen molar-refractivity contribution < 1.29 is 9.84 Å². The third-order valence-electron chi connectivity index (χ3n) is 2.31. The van der Waals surface area contributed by atoms with E-state index < -0.39 is 5.44 Å². The highest BCUT2D eigenvalue weighted by atomic mass is 79.9. The van der Waals surface area contributed by atoms with Crippen LogP contribution < -0.4 is 0 Å². The summed E-state index contributed by atoms with van der Waals surface area (Å²) >= 11 is 4.80. The van der Waals surface area contributed by atoms with Crippen LogP contribution in [0.2, 0.25) is 0 Å². The number of thioether (sulfide) groups is 1. The Kier molecular flexibility index (Phi) is 2.25. The van der Waals surface area contributed by atoms with E-state index in [2.05, 4.69) is 29.8 Å². The molecule has 0 amide bonds. The summed E-state index contributed by atoms with van der Waals surface area (Å²) in [5, 5.41) is 9.73. The van der Waals surface area contributed by atoms with Crippen molar-refractivity contribution in [2.45, 2.75) is 30.1 Å². The Morgan fingerprint density at radius 3 is 2.92 bits per heavy atom. The van der Waals surface area contributed by atoms with E-state index in [0.29, 0.717) is 4.67 Å². The minimum absolute atomic E-state index is 0.0196. The molecule has 2 aliphatic heterocycles. The molecule has 0 aliphatic carbocycles. The second kappa shape index (κ2) is 3.04. The molecule has 2 rings (SSSR count). The van der Waals surface area contributed by atoms with Crippen LogP contribution in [0.25, 0.3) is 0 Å². The molecule has 13 heavy (non-hydrogen) atoms. The first-order valence-electron chi connectivity index (χ1n) is 4.11. The lowest BCUT2D eigenvalue weighted by Crippen LogP contribution is -2.26. The Morgan fingerprint density at radius 1 is 1.54 bits per heavy atom. The monoisotopic (exact) mass is 262 g/mol. The minimum Gasteiger partial charge on any atom is -0.476 e. The van der Waals surface area contributed by atoms with Gasteiger partial charge in [0.05, 0.1) is 0 Å². The van der Waals surface area contributed by atoms with Crippen molar-refractivity contribution in [3.05, 3.63) is 22.4 Å². The molecule has 2 unspecified atom stereocenters. The molecule has 0 spiro atoms. The summed E-state index contributed by atoms with van der Waals surface area (Å²) in [5.41, 5.74) is 0.704. The SMILES string of the molecule is CC1(C)SC(O)C2OC(Br)=CC=C21. The molecule has 72 valence electrons. The van der Waals surface area contributed by atoms with Crippen LogP contribution in [0.1, 0.15) is 13.8 Å². The molecule has 1 fully saturated rings. The third kappa shape index (κ3) is 1.55. The molecule has 0 aromatic heterocycles. The molecule has 2 atom stereocenters. The number of ether oxygens (including phenoxy) is 1. The van der Waals surface area contributed by atoms with Crippen molar-refractivity contribution in [1.29, 1.82) is 0 Å². The van der Waals surface area contributed by atoms with Gasteiger partial charge in [0.15, 0.2) is 10.8 Å². The zero-order valence-corrected chi connectivity index (χ0v) is 9.85. The Morgan fingerprint density at radius 2 is 2.23 bits per heavy atom. The van der Waals surface area contributed by atoms with Gasteiger partial charge in [-0.15, -0.1) is 11.8 Å². The van der Waals surface area contributed by atoms with Crippen LogP contribution in [-0.2, 0) is 4.74 Å². The number of halogens is 1. The summed E-state index contributed by atoms with van der Waals surface area (Å²) in [6, 6.07) is 0. The molecule has 1 saturated heterocycles. The normalized spacial score (nSPS) is 36.0. The third-order valence-corrected chi connectivity index (χ3v) is 4.07. The van der Waals surface area contributed by atoms with Gasteiger partial charge in [-0.05, 0) is 41.4 Å². The molecule has 4 heteroatoms. The molecular weight excluding hydrogens is 252 g/mol. The van der Waals surface area contributed by atoms with Gasteiger partial charge in [-0.25, -0.2) is 0 Å². The lowest BCUT2D eigenvalue weighted by Gasteiger charge is -2.24. The van der Waals surface area contributed by atoms with Gasteiger partial charge in [0, 0.05) is 4.75 Å². The van der Waals surface area contributed by atoms with E-state index in [0.717, 1.165) is 5.57 Å². The standard InChI is InChI=1S/C9H11BrO2S/c1-9(2)5-3-4-6(10)12-7(5)8(11)13-9/h3-4,7-8,11H,1-2H3. The molecule has 0 radical (unpaired) electrons. The van der Waals surface area contributed by atoms with Gasteiger partial charge in [0.2, 0.25) is 0 Å². The predicted octanol–water partition coefficient (Wildman–Crippen LogP) is 2.39. The molecule has 2 aliphatic rings. The van der Waals surface area contributed by atoms with Gasteiger partial charge in [0.1, 0.15) is 5.44 Å². The van der Waals surface area contributed by atoms with E-state index in [4.69, 9.17) is 4.74 Å². The molecule has 0 saturated carbocycles. The Balaban J connectivity index is 2.37. The molecule has 0 aromatic carbocycles. The minimum atomic E-state index is -0.456. The van der Waals surface area contributed by atoms with Gasteiger partial charge < -0.3 is 9.84 Å². The smallest absolute Gasteiger partial charge is 0.163 e. The van der Waals surface area contributed by atoms with Crippen LogP contribution in [0.15, 0.2) is 22.4 Å². The maximum Gasteiger partial charge on any atom is 0.163 e. The fourth-order valence-corrected chi connectivity index (χ4v) is 3.24. The summed E-state index contributed by atoms with van der Waals surface area (Å²) in [6.07, 6.45) is 3.73. The quantitative estimate of drug-likeness (QED) is 0.727. The number of rotatable bonds is 0. The zero-order valence-electron chi connectivity index (χ0n) is 7.45. The van der Waals surface area contributed by atoms with Crippen LogP contribution in [0.3, 0.4) is 0 Å². The number of hydrogen-bond donors (Lipinski definition) is 1.